The Morgan fingerprint density at radius 1 is 1.30 bits per heavy atom. The second-order valence-electron chi connectivity index (χ2n) is 4.37. The number of nitrogens with one attached hydrogen (secondary N) is 1. The van der Waals surface area contributed by atoms with Crippen molar-refractivity contribution < 1.29 is 9.47 Å². The number of rotatable bonds is 3. The van der Waals surface area contributed by atoms with E-state index in [1.807, 2.05) is 11.8 Å². The van der Waals surface area contributed by atoms with Crippen LogP contribution < -0.4 is 15.4 Å². The molecule has 9 heteroatoms. The molecule has 0 amide bonds. The van der Waals surface area contributed by atoms with Crippen LogP contribution in [0.25, 0.3) is 0 Å². The van der Waals surface area contributed by atoms with E-state index in [1.54, 1.807) is 6.07 Å². The van der Waals surface area contributed by atoms with Gasteiger partial charge in [0.1, 0.15) is 0 Å². The SMILES string of the molecule is Cc1cc(Oc2nc(N)nc(N3CCOCC3)n2)n[nH]1. The van der Waals surface area contributed by atoms with Crippen LogP contribution in [0.3, 0.4) is 0 Å². The lowest BCUT2D eigenvalue weighted by molar-refractivity contribution is 0.122. The maximum Gasteiger partial charge on any atom is 0.330 e. The first-order valence-corrected chi connectivity index (χ1v) is 6.25. The minimum atomic E-state index is 0.115. The summed E-state index contributed by atoms with van der Waals surface area (Å²) in [6.45, 7) is 4.58. The van der Waals surface area contributed by atoms with Crippen molar-refractivity contribution in [3.8, 4) is 11.9 Å². The molecule has 1 aliphatic heterocycles. The van der Waals surface area contributed by atoms with Crippen LogP contribution in [0.2, 0.25) is 0 Å². The van der Waals surface area contributed by atoms with Gasteiger partial charge in [0, 0.05) is 24.8 Å². The van der Waals surface area contributed by atoms with Gasteiger partial charge in [-0.3, -0.25) is 5.10 Å². The summed E-state index contributed by atoms with van der Waals surface area (Å²) in [5, 5.41) is 6.74. The van der Waals surface area contributed by atoms with Gasteiger partial charge in [-0.1, -0.05) is 0 Å². The maximum absolute atomic E-state index is 5.70. The maximum atomic E-state index is 5.70. The molecule has 1 aliphatic rings. The van der Waals surface area contributed by atoms with E-state index < -0.39 is 0 Å². The van der Waals surface area contributed by atoms with Crippen LogP contribution in [0.15, 0.2) is 6.07 Å². The molecular weight excluding hydrogens is 262 g/mol. The summed E-state index contributed by atoms with van der Waals surface area (Å²) < 4.78 is 10.8. The predicted molar refractivity (Wildman–Crippen MR) is 70.7 cm³/mol. The summed E-state index contributed by atoms with van der Waals surface area (Å²) in [5.41, 5.74) is 6.58. The molecule has 2 aromatic heterocycles. The molecule has 20 heavy (non-hydrogen) atoms. The van der Waals surface area contributed by atoms with E-state index in [0.717, 1.165) is 5.69 Å². The first-order valence-electron chi connectivity index (χ1n) is 6.25. The molecule has 0 aliphatic carbocycles. The van der Waals surface area contributed by atoms with Crippen molar-refractivity contribution in [3.63, 3.8) is 0 Å². The summed E-state index contributed by atoms with van der Waals surface area (Å²) in [6, 6.07) is 1.87. The molecule has 0 spiro atoms. The van der Waals surface area contributed by atoms with Crippen molar-refractivity contribution in [2.45, 2.75) is 6.92 Å². The number of nitrogen functional groups attached to an aromatic ring is 1. The number of H-pyrrole nitrogens is 1. The first kappa shape index (κ1) is 12.6. The third-order valence-electron chi connectivity index (χ3n) is 2.79. The minimum absolute atomic E-state index is 0.115. The lowest BCUT2D eigenvalue weighted by Crippen LogP contribution is -2.37. The van der Waals surface area contributed by atoms with Crippen molar-refractivity contribution in [1.82, 2.24) is 25.1 Å². The van der Waals surface area contributed by atoms with Crippen LogP contribution in [0.5, 0.6) is 11.9 Å². The Bertz CT molecular complexity index is 594. The van der Waals surface area contributed by atoms with E-state index in [0.29, 0.717) is 38.1 Å². The van der Waals surface area contributed by atoms with Crippen LogP contribution >= 0.6 is 0 Å². The van der Waals surface area contributed by atoms with Gasteiger partial charge in [0.2, 0.25) is 17.8 Å². The molecule has 3 rings (SSSR count). The summed E-state index contributed by atoms with van der Waals surface area (Å²) in [5.74, 6) is 0.993. The number of aryl methyl sites for hydroxylation is 1. The second kappa shape index (κ2) is 5.29. The Balaban J connectivity index is 1.82. The first-order chi connectivity index (χ1) is 9.70. The van der Waals surface area contributed by atoms with E-state index in [2.05, 4.69) is 25.1 Å². The lowest BCUT2D eigenvalue weighted by Gasteiger charge is -2.26. The largest absolute Gasteiger partial charge is 0.403 e. The van der Waals surface area contributed by atoms with Gasteiger partial charge in [-0.15, -0.1) is 5.10 Å². The van der Waals surface area contributed by atoms with Crippen molar-refractivity contribution in [2.75, 3.05) is 36.9 Å². The Morgan fingerprint density at radius 3 is 2.80 bits per heavy atom. The average Bonchev–Trinajstić information content (AvgIpc) is 2.84. The van der Waals surface area contributed by atoms with E-state index in [9.17, 15) is 0 Å². The number of morpholine rings is 1. The quantitative estimate of drug-likeness (QED) is 0.812. The average molecular weight is 277 g/mol. The van der Waals surface area contributed by atoms with Gasteiger partial charge in [-0.05, 0) is 6.92 Å². The van der Waals surface area contributed by atoms with Gasteiger partial charge in [-0.25, -0.2) is 0 Å². The van der Waals surface area contributed by atoms with Crippen molar-refractivity contribution >= 4 is 11.9 Å². The highest BCUT2D eigenvalue weighted by atomic mass is 16.5. The predicted octanol–water partition coefficient (Wildman–Crippen LogP) is 0.114. The molecule has 0 saturated carbocycles. The van der Waals surface area contributed by atoms with E-state index in [1.165, 1.54) is 0 Å². The molecule has 0 atom stereocenters. The summed E-state index contributed by atoms with van der Waals surface area (Å²) in [6.07, 6.45) is 0. The Morgan fingerprint density at radius 2 is 2.10 bits per heavy atom. The monoisotopic (exact) mass is 277 g/mol. The second-order valence-corrected chi connectivity index (χ2v) is 4.37. The Hall–Kier alpha value is -2.42. The van der Waals surface area contributed by atoms with Crippen LogP contribution in [-0.2, 0) is 4.74 Å². The van der Waals surface area contributed by atoms with Crippen LogP contribution in [0.1, 0.15) is 5.69 Å². The standard InChI is InChI=1S/C11H15N7O2/c1-7-6-8(17-16-7)20-11-14-9(12)13-10(15-11)18-2-4-19-5-3-18/h6H,2-5H2,1H3,(H,16,17)(H2,12,13,14,15). The molecule has 0 radical (unpaired) electrons. The zero-order chi connectivity index (χ0) is 13.9. The van der Waals surface area contributed by atoms with Gasteiger partial charge in [0.15, 0.2) is 0 Å². The highest BCUT2D eigenvalue weighted by Crippen LogP contribution is 2.19. The van der Waals surface area contributed by atoms with E-state index >= 15 is 0 Å². The lowest BCUT2D eigenvalue weighted by atomic mass is 10.4. The molecule has 0 aromatic carbocycles. The summed E-state index contributed by atoms with van der Waals surface area (Å²) in [7, 11) is 0. The van der Waals surface area contributed by atoms with Crippen LogP contribution in [-0.4, -0.2) is 51.5 Å². The van der Waals surface area contributed by atoms with Crippen molar-refractivity contribution in [1.29, 1.82) is 0 Å². The third-order valence-corrected chi connectivity index (χ3v) is 2.79. The van der Waals surface area contributed by atoms with Crippen LogP contribution in [0, 0.1) is 6.92 Å². The smallest absolute Gasteiger partial charge is 0.330 e. The summed E-state index contributed by atoms with van der Waals surface area (Å²) in [4.78, 5) is 14.3. The van der Waals surface area contributed by atoms with Gasteiger partial charge in [-0.2, -0.15) is 15.0 Å². The molecule has 1 saturated heterocycles. The van der Waals surface area contributed by atoms with Gasteiger partial charge in [0.25, 0.3) is 0 Å². The fourth-order valence-electron chi connectivity index (χ4n) is 1.85. The molecule has 2 aromatic rings. The normalized spacial score (nSPS) is 15.3. The Labute approximate surface area is 115 Å². The molecule has 0 unspecified atom stereocenters. The van der Waals surface area contributed by atoms with Crippen LogP contribution in [0.4, 0.5) is 11.9 Å². The highest BCUT2D eigenvalue weighted by molar-refractivity contribution is 5.36. The van der Waals surface area contributed by atoms with Crippen molar-refractivity contribution in [3.05, 3.63) is 11.8 Å². The summed E-state index contributed by atoms with van der Waals surface area (Å²) >= 11 is 0. The number of ether oxygens (including phenoxy) is 2. The van der Waals surface area contributed by atoms with Crippen molar-refractivity contribution in [2.24, 2.45) is 0 Å². The third kappa shape index (κ3) is 2.77. The minimum Gasteiger partial charge on any atom is -0.403 e. The fraction of sp³-hybridized carbons (Fsp3) is 0.455. The fourth-order valence-corrected chi connectivity index (χ4v) is 1.85. The van der Waals surface area contributed by atoms with E-state index in [-0.39, 0.29) is 12.0 Å². The Kier molecular flexibility index (Phi) is 3.33. The number of nitrogens with two attached hydrogens (primary N) is 1. The van der Waals surface area contributed by atoms with Gasteiger partial charge in [0.05, 0.1) is 13.2 Å². The molecule has 3 heterocycles. The van der Waals surface area contributed by atoms with Gasteiger partial charge >= 0.3 is 6.01 Å². The van der Waals surface area contributed by atoms with Gasteiger partial charge < -0.3 is 20.1 Å². The number of hydrogen-bond donors (Lipinski definition) is 2. The molecule has 1 fully saturated rings. The zero-order valence-corrected chi connectivity index (χ0v) is 11.0. The number of aromatic amines is 1. The van der Waals surface area contributed by atoms with E-state index in [4.69, 9.17) is 15.2 Å². The molecule has 3 N–H and O–H groups in total. The molecular formula is C11H15N7O2. The number of hydrogen-bond acceptors (Lipinski definition) is 8. The molecule has 0 bridgehead atoms. The highest BCUT2D eigenvalue weighted by Gasteiger charge is 2.17. The topological polar surface area (TPSA) is 115 Å². The number of aromatic nitrogens is 5. The number of anilines is 2. The molecule has 9 nitrogen and oxygen atoms in total. The zero-order valence-electron chi connectivity index (χ0n) is 11.0. The number of nitrogens with zero attached hydrogens (tertiary/aromatic N) is 5. The molecule has 106 valence electrons.